The number of carbonyl (C=O) groups excluding carboxylic acids is 1. The smallest absolute Gasteiger partial charge is 0.373 e. The number of benzene rings is 1. The Morgan fingerprint density at radius 2 is 2.13 bits per heavy atom. The number of anilines is 1. The van der Waals surface area contributed by atoms with Crippen LogP contribution in [0.5, 0.6) is 11.6 Å². The van der Waals surface area contributed by atoms with Gasteiger partial charge in [0.2, 0.25) is 5.82 Å². The van der Waals surface area contributed by atoms with Crippen molar-refractivity contribution in [3.63, 3.8) is 0 Å². The Bertz CT molecular complexity index is 1040. The summed E-state index contributed by atoms with van der Waals surface area (Å²) in [5.41, 5.74) is -0.419. The van der Waals surface area contributed by atoms with Crippen LogP contribution in [0.25, 0.3) is 0 Å². The number of nitrogens with zero attached hydrogens (tertiary/aromatic N) is 4. The zero-order valence-corrected chi connectivity index (χ0v) is 18.1. The molecule has 0 radical (unpaired) electrons. The van der Waals surface area contributed by atoms with E-state index in [1.165, 1.54) is 12.6 Å². The predicted octanol–water partition coefficient (Wildman–Crippen LogP) is 4.49. The van der Waals surface area contributed by atoms with Crippen LogP contribution in [0, 0.1) is 10.1 Å². The van der Waals surface area contributed by atoms with E-state index >= 15 is 0 Å². The van der Waals surface area contributed by atoms with Crippen molar-refractivity contribution < 1.29 is 23.6 Å². The van der Waals surface area contributed by atoms with Crippen molar-refractivity contribution in [1.29, 1.82) is 0 Å². The van der Waals surface area contributed by atoms with Gasteiger partial charge in [-0.15, -0.1) is 0 Å². The second kappa shape index (κ2) is 10.5. The highest BCUT2D eigenvalue weighted by atomic mass is 79.9. The van der Waals surface area contributed by atoms with Crippen LogP contribution >= 0.6 is 15.9 Å². The van der Waals surface area contributed by atoms with Gasteiger partial charge in [-0.1, -0.05) is 22.0 Å². The fourth-order valence-corrected chi connectivity index (χ4v) is 3.15. The number of halogens is 1. The van der Waals surface area contributed by atoms with Gasteiger partial charge >= 0.3 is 17.5 Å². The number of esters is 1. The summed E-state index contributed by atoms with van der Waals surface area (Å²) in [5.74, 6) is 0.283. The average molecular weight is 491 g/mol. The highest BCUT2D eigenvalue weighted by Gasteiger charge is 2.29. The Morgan fingerprint density at radius 1 is 1.29 bits per heavy atom. The normalized spacial score (nSPS) is 10.5. The molecule has 0 bridgehead atoms. The maximum Gasteiger partial charge on any atom is 0.373 e. The lowest BCUT2D eigenvalue weighted by Crippen LogP contribution is -2.28. The van der Waals surface area contributed by atoms with Crippen LogP contribution in [0.3, 0.4) is 0 Å². The van der Waals surface area contributed by atoms with Gasteiger partial charge in [-0.2, -0.15) is 4.98 Å². The second-order valence-corrected chi connectivity index (χ2v) is 7.14. The number of hydrogen-bond acceptors (Lipinski definition) is 9. The van der Waals surface area contributed by atoms with Gasteiger partial charge in [-0.25, -0.2) is 4.98 Å². The average Bonchev–Trinajstić information content (AvgIpc) is 3.24. The molecule has 0 fully saturated rings. The zero-order chi connectivity index (χ0) is 22.2. The van der Waals surface area contributed by atoms with Crippen molar-refractivity contribution in [3.05, 3.63) is 69.3 Å². The van der Waals surface area contributed by atoms with Crippen LogP contribution in [0.15, 0.2) is 57.9 Å². The van der Waals surface area contributed by atoms with E-state index < -0.39 is 16.6 Å². The first kappa shape index (κ1) is 22.2. The molecule has 0 atom stereocenters. The Hall–Kier alpha value is -3.47. The number of ether oxygens (including phenoxy) is 2. The van der Waals surface area contributed by atoms with Crippen molar-refractivity contribution in [2.75, 3.05) is 18.1 Å². The molecule has 0 saturated carbocycles. The molecule has 11 heteroatoms. The fraction of sp³-hybridized carbons (Fsp3) is 0.250. The Morgan fingerprint density at radius 3 is 2.81 bits per heavy atom. The first-order valence-electron chi connectivity index (χ1n) is 9.33. The summed E-state index contributed by atoms with van der Waals surface area (Å²) < 4.78 is 16.8. The maximum atomic E-state index is 11.9. The minimum absolute atomic E-state index is 0.00527. The quantitative estimate of drug-likeness (QED) is 0.229. The van der Waals surface area contributed by atoms with Crippen molar-refractivity contribution >= 4 is 33.4 Å². The van der Waals surface area contributed by atoms with Gasteiger partial charge in [0, 0.05) is 11.0 Å². The molecule has 0 N–H and O–H groups in total. The number of nitro groups is 1. The van der Waals surface area contributed by atoms with Gasteiger partial charge in [0.1, 0.15) is 17.8 Å². The molecule has 31 heavy (non-hydrogen) atoms. The molecule has 2 heterocycles. The van der Waals surface area contributed by atoms with Gasteiger partial charge in [-0.05, 0) is 37.3 Å². The topological polar surface area (TPSA) is 121 Å². The molecule has 10 nitrogen and oxygen atoms in total. The molecule has 162 valence electrons. The number of aromatic nitrogens is 2. The van der Waals surface area contributed by atoms with E-state index in [0.29, 0.717) is 11.5 Å². The van der Waals surface area contributed by atoms with Gasteiger partial charge in [0.05, 0.1) is 30.8 Å². The lowest BCUT2D eigenvalue weighted by atomic mass is 10.3. The molecule has 0 spiro atoms. The minimum Gasteiger partial charge on any atom is -0.467 e. The lowest BCUT2D eigenvalue weighted by molar-refractivity contribution is -0.385. The van der Waals surface area contributed by atoms with Crippen LogP contribution in [-0.2, 0) is 16.1 Å². The van der Waals surface area contributed by atoms with Crippen LogP contribution in [0.2, 0.25) is 0 Å². The summed E-state index contributed by atoms with van der Waals surface area (Å²) in [6, 6.07) is 10.3. The molecule has 3 aromatic rings. The molecule has 0 aliphatic heterocycles. The molecule has 0 amide bonds. The van der Waals surface area contributed by atoms with Crippen molar-refractivity contribution in [1.82, 2.24) is 9.97 Å². The summed E-state index contributed by atoms with van der Waals surface area (Å²) in [4.78, 5) is 32.8. The monoisotopic (exact) mass is 490 g/mol. The summed E-state index contributed by atoms with van der Waals surface area (Å²) >= 11 is 3.33. The molecular formula is C20H19BrN4O6. The van der Waals surface area contributed by atoms with Gasteiger partial charge in [0.15, 0.2) is 0 Å². The van der Waals surface area contributed by atoms with E-state index in [9.17, 15) is 14.9 Å². The van der Waals surface area contributed by atoms with Crippen LogP contribution < -0.4 is 9.64 Å². The van der Waals surface area contributed by atoms with Crippen LogP contribution in [0.4, 0.5) is 11.5 Å². The fourth-order valence-electron chi connectivity index (χ4n) is 2.77. The number of hydrogen-bond donors (Lipinski definition) is 0. The largest absolute Gasteiger partial charge is 0.467 e. The van der Waals surface area contributed by atoms with Gasteiger partial charge in [-0.3, -0.25) is 14.9 Å². The highest BCUT2D eigenvalue weighted by Crippen LogP contribution is 2.37. The lowest BCUT2D eigenvalue weighted by Gasteiger charge is -2.22. The summed E-state index contributed by atoms with van der Waals surface area (Å²) in [6.07, 6.45) is 2.68. The van der Waals surface area contributed by atoms with Crippen molar-refractivity contribution in [2.45, 2.75) is 19.9 Å². The summed E-state index contributed by atoms with van der Waals surface area (Å²) in [6.45, 7) is 2.23. The SMILES string of the molecule is CCOC(=O)CCN(Cc1ccco1)c1ncnc(Oc2cccc(Br)c2)c1[N+](=O)[O-]. The van der Waals surface area contributed by atoms with Gasteiger partial charge < -0.3 is 18.8 Å². The molecule has 1 aromatic carbocycles. The highest BCUT2D eigenvalue weighted by molar-refractivity contribution is 9.10. The third-order valence-electron chi connectivity index (χ3n) is 4.08. The van der Waals surface area contributed by atoms with Crippen molar-refractivity contribution in [3.8, 4) is 11.6 Å². The second-order valence-electron chi connectivity index (χ2n) is 6.22. The molecule has 0 aliphatic rings. The summed E-state index contributed by atoms with van der Waals surface area (Å²) in [5, 5.41) is 11.9. The van der Waals surface area contributed by atoms with E-state index in [-0.39, 0.29) is 37.8 Å². The van der Waals surface area contributed by atoms with Crippen LogP contribution in [-0.4, -0.2) is 34.0 Å². The van der Waals surface area contributed by atoms with E-state index in [4.69, 9.17) is 13.9 Å². The molecule has 3 rings (SSSR count). The molecule has 0 aliphatic carbocycles. The predicted molar refractivity (Wildman–Crippen MR) is 114 cm³/mol. The third-order valence-corrected chi connectivity index (χ3v) is 4.57. The summed E-state index contributed by atoms with van der Waals surface area (Å²) in [7, 11) is 0. The van der Waals surface area contributed by atoms with E-state index in [2.05, 4.69) is 25.9 Å². The number of furan rings is 1. The van der Waals surface area contributed by atoms with E-state index in [0.717, 1.165) is 4.47 Å². The van der Waals surface area contributed by atoms with Crippen molar-refractivity contribution in [2.24, 2.45) is 0 Å². The minimum atomic E-state index is -0.609. The molecule has 2 aromatic heterocycles. The van der Waals surface area contributed by atoms with Gasteiger partial charge in [0.25, 0.3) is 0 Å². The standard InChI is InChI=1S/C20H19BrN4O6/c1-2-29-17(26)8-9-24(12-16-7-4-10-30-16)19-18(25(27)28)20(23-13-22-19)31-15-6-3-5-14(21)11-15/h3-7,10-11,13H,2,8-9,12H2,1H3. The maximum absolute atomic E-state index is 11.9. The Labute approximate surface area is 186 Å². The molecule has 0 unspecified atom stereocenters. The van der Waals surface area contributed by atoms with Crippen LogP contribution in [0.1, 0.15) is 19.1 Å². The van der Waals surface area contributed by atoms with E-state index in [1.807, 2.05) is 0 Å². The zero-order valence-electron chi connectivity index (χ0n) is 16.6. The number of carbonyl (C=O) groups is 1. The first-order chi connectivity index (χ1) is 15.0. The number of rotatable bonds is 10. The van der Waals surface area contributed by atoms with E-state index in [1.54, 1.807) is 48.2 Å². The molecular weight excluding hydrogens is 472 g/mol. The third kappa shape index (κ3) is 6.01. The molecule has 0 saturated heterocycles. The Kier molecular flexibility index (Phi) is 7.55. The Balaban J connectivity index is 1.96. The first-order valence-corrected chi connectivity index (χ1v) is 10.1.